The molecule has 0 radical (unpaired) electrons. The number of carbonyl (C=O) groups is 1. The van der Waals surface area contributed by atoms with Gasteiger partial charge < -0.3 is 10.1 Å². The van der Waals surface area contributed by atoms with Crippen LogP contribution in [0.4, 0.5) is 0 Å². The molecule has 0 saturated carbocycles. The van der Waals surface area contributed by atoms with Gasteiger partial charge in [-0.15, -0.1) is 0 Å². The summed E-state index contributed by atoms with van der Waals surface area (Å²) in [5.74, 6) is 1.03. The van der Waals surface area contributed by atoms with Gasteiger partial charge in [-0.25, -0.2) is 0 Å². The number of rotatable bonds is 7. The van der Waals surface area contributed by atoms with Crippen LogP contribution >= 0.6 is 0 Å². The van der Waals surface area contributed by atoms with Crippen molar-refractivity contribution in [2.45, 2.75) is 66.0 Å². The third-order valence-electron chi connectivity index (χ3n) is 4.71. The summed E-state index contributed by atoms with van der Waals surface area (Å²) in [6, 6.07) is 14.5. The Morgan fingerprint density at radius 1 is 1.04 bits per heavy atom. The monoisotopic (exact) mass is 353 g/mol. The molecule has 0 aliphatic carbocycles. The number of amides is 1. The van der Waals surface area contributed by atoms with E-state index in [0.29, 0.717) is 5.92 Å². The van der Waals surface area contributed by atoms with Gasteiger partial charge >= 0.3 is 0 Å². The maximum absolute atomic E-state index is 12.6. The van der Waals surface area contributed by atoms with Crippen LogP contribution in [-0.4, -0.2) is 12.0 Å². The van der Waals surface area contributed by atoms with Gasteiger partial charge in [0.1, 0.15) is 5.75 Å². The highest BCUT2D eigenvalue weighted by Crippen LogP contribution is 2.28. The Balaban J connectivity index is 2.04. The van der Waals surface area contributed by atoms with Crippen LogP contribution in [0.15, 0.2) is 42.5 Å². The van der Waals surface area contributed by atoms with Crippen molar-refractivity contribution < 1.29 is 9.53 Å². The molecule has 0 aliphatic heterocycles. The highest BCUT2D eigenvalue weighted by Gasteiger charge is 2.19. The minimum absolute atomic E-state index is 0.0541. The van der Waals surface area contributed by atoms with E-state index in [1.807, 2.05) is 19.9 Å². The van der Waals surface area contributed by atoms with Gasteiger partial charge in [0.15, 0.2) is 6.10 Å². The quantitative estimate of drug-likeness (QED) is 0.731. The van der Waals surface area contributed by atoms with Gasteiger partial charge in [-0.2, -0.15) is 0 Å². The van der Waals surface area contributed by atoms with E-state index in [4.69, 9.17) is 4.74 Å². The second-order valence-corrected chi connectivity index (χ2v) is 7.28. The molecule has 0 fully saturated rings. The number of ether oxygens (including phenoxy) is 1. The summed E-state index contributed by atoms with van der Waals surface area (Å²) in [4.78, 5) is 12.6. The predicted molar refractivity (Wildman–Crippen MR) is 108 cm³/mol. The molecule has 0 aromatic heterocycles. The van der Waals surface area contributed by atoms with Crippen molar-refractivity contribution in [2.24, 2.45) is 0 Å². The van der Waals surface area contributed by atoms with Crippen molar-refractivity contribution in [3.05, 3.63) is 64.7 Å². The molecular formula is C23H31NO2. The lowest BCUT2D eigenvalue weighted by atomic mass is 10.0. The van der Waals surface area contributed by atoms with Crippen LogP contribution in [0.1, 0.15) is 68.8 Å². The molecule has 2 rings (SSSR count). The summed E-state index contributed by atoms with van der Waals surface area (Å²) in [6.07, 6.45) is 0.465. The highest BCUT2D eigenvalue weighted by atomic mass is 16.5. The first-order valence-corrected chi connectivity index (χ1v) is 9.48. The zero-order chi connectivity index (χ0) is 19.3. The second kappa shape index (κ2) is 8.88. The highest BCUT2D eigenvalue weighted by molar-refractivity contribution is 5.81. The van der Waals surface area contributed by atoms with Gasteiger partial charge in [0.25, 0.3) is 5.91 Å². The summed E-state index contributed by atoms with van der Waals surface area (Å²) in [6.45, 7) is 12.2. The van der Waals surface area contributed by atoms with Crippen LogP contribution in [0, 0.1) is 6.92 Å². The molecule has 2 aromatic rings. The van der Waals surface area contributed by atoms with E-state index in [1.54, 1.807) is 6.92 Å². The Labute approximate surface area is 157 Å². The number of aryl methyl sites for hydroxylation is 2. The van der Waals surface area contributed by atoms with Gasteiger partial charge in [0.05, 0.1) is 6.04 Å². The van der Waals surface area contributed by atoms with E-state index in [0.717, 1.165) is 28.9 Å². The molecule has 2 aromatic carbocycles. The van der Waals surface area contributed by atoms with Crippen LogP contribution in [0.5, 0.6) is 5.75 Å². The molecule has 3 nitrogen and oxygen atoms in total. The van der Waals surface area contributed by atoms with Crippen molar-refractivity contribution in [2.75, 3.05) is 0 Å². The summed E-state index contributed by atoms with van der Waals surface area (Å²) >= 11 is 0. The normalized spacial score (nSPS) is 13.3. The van der Waals surface area contributed by atoms with Crippen molar-refractivity contribution in [1.82, 2.24) is 5.32 Å². The summed E-state index contributed by atoms with van der Waals surface area (Å²) < 4.78 is 6.01. The zero-order valence-electron chi connectivity index (χ0n) is 16.8. The average Bonchev–Trinajstić information content (AvgIpc) is 2.61. The Morgan fingerprint density at radius 3 is 2.27 bits per heavy atom. The van der Waals surface area contributed by atoms with Gasteiger partial charge in [0.2, 0.25) is 0 Å². The number of hydrogen-bond donors (Lipinski definition) is 1. The van der Waals surface area contributed by atoms with Crippen molar-refractivity contribution in [3.8, 4) is 5.75 Å². The standard InChI is InChI=1S/C23H31NO2/c1-7-19-9-11-20(12-10-19)17(5)24-23(25)18(6)26-22-14-16(4)8-13-21(22)15(2)3/h8-15,17-18H,7H2,1-6H3,(H,24,25)/t17-,18+/m1/s1. The number of carbonyl (C=O) groups excluding carboxylic acids is 1. The third kappa shape index (κ3) is 5.10. The van der Waals surface area contributed by atoms with Crippen LogP contribution < -0.4 is 10.1 Å². The predicted octanol–water partition coefficient (Wildman–Crippen LogP) is 5.33. The average molecular weight is 354 g/mol. The van der Waals surface area contributed by atoms with E-state index in [-0.39, 0.29) is 11.9 Å². The fourth-order valence-electron chi connectivity index (χ4n) is 2.92. The Morgan fingerprint density at radius 2 is 1.69 bits per heavy atom. The van der Waals surface area contributed by atoms with Crippen LogP contribution in [-0.2, 0) is 11.2 Å². The van der Waals surface area contributed by atoms with Gasteiger partial charge in [-0.1, -0.05) is 57.2 Å². The van der Waals surface area contributed by atoms with Gasteiger partial charge in [0, 0.05) is 0 Å². The Kier molecular flexibility index (Phi) is 6.84. The van der Waals surface area contributed by atoms with Crippen molar-refractivity contribution >= 4 is 5.91 Å². The molecule has 0 saturated heterocycles. The number of hydrogen-bond acceptors (Lipinski definition) is 2. The molecule has 3 heteroatoms. The Bertz CT molecular complexity index is 734. The van der Waals surface area contributed by atoms with Crippen LogP contribution in [0.2, 0.25) is 0 Å². The molecule has 0 unspecified atom stereocenters. The summed E-state index contributed by atoms with van der Waals surface area (Å²) in [7, 11) is 0. The van der Waals surface area contributed by atoms with E-state index in [9.17, 15) is 4.79 Å². The molecule has 0 heterocycles. The molecule has 0 aliphatic rings. The first kappa shape index (κ1) is 20.0. The maximum atomic E-state index is 12.6. The minimum atomic E-state index is -0.549. The first-order valence-electron chi connectivity index (χ1n) is 9.48. The molecule has 0 spiro atoms. The fraction of sp³-hybridized carbons (Fsp3) is 0.435. The minimum Gasteiger partial charge on any atom is -0.481 e. The van der Waals surface area contributed by atoms with Gasteiger partial charge in [-0.3, -0.25) is 4.79 Å². The van der Waals surface area contributed by atoms with Crippen molar-refractivity contribution in [3.63, 3.8) is 0 Å². The lowest BCUT2D eigenvalue weighted by Crippen LogP contribution is -2.38. The largest absolute Gasteiger partial charge is 0.481 e. The smallest absolute Gasteiger partial charge is 0.261 e. The SMILES string of the molecule is CCc1ccc([C@@H](C)NC(=O)[C@H](C)Oc2cc(C)ccc2C(C)C)cc1. The number of benzene rings is 2. The summed E-state index contributed by atoms with van der Waals surface area (Å²) in [5.41, 5.74) is 4.64. The molecule has 26 heavy (non-hydrogen) atoms. The maximum Gasteiger partial charge on any atom is 0.261 e. The molecule has 0 bridgehead atoms. The lowest BCUT2D eigenvalue weighted by molar-refractivity contribution is -0.127. The molecule has 1 N–H and O–H groups in total. The molecule has 2 atom stereocenters. The van der Waals surface area contributed by atoms with Crippen LogP contribution in [0.25, 0.3) is 0 Å². The zero-order valence-corrected chi connectivity index (χ0v) is 16.8. The van der Waals surface area contributed by atoms with Crippen molar-refractivity contribution in [1.29, 1.82) is 0 Å². The molecule has 1 amide bonds. The van der Waals surface area contributed by atoms with E-state index in [2.05, 4.69) is 62.5 Å². The lowest BCUT2D eigenvalue weighted by Gasteiger charge is -2.21. The first-order chi connectivity index (χ1) is 12.3. The molecular weight excluding hydrogens is 322 g/mol. The third-order valence-corrected chi connectivity index (χ3v) is 4.71. The fourth-order valence-corrected chi connectivity index (χ4v) is 2.92. The van der Waals surface area contributed by atoms with Gasteiger partial charge in [-0.05, 0) is 61.4 Å². The Hall–Kier alpha value is -2.29. The number of nitrogens with one attached hydrogen (secondary N) is 1. The van der Waals surface area contributed by atoms with E-state index >= 15 is 0 Å². The summed E-state index contributed by atoms with van der Waals surface area (Å²) in [5, 5.41) is 3.05. The van der Waals surface area contributed by atoms with Crippen LogP contribution in [0.3, 0.4) is 0 Å². The van der Waals surface area contributed by atoms with E-state index in [1.165, 1.54) is 5.56 Å². The van der Waals surface area contributed by atoms with E-state index < -0.39 is 6.10 Å². The topological polar surface area (TPSA) is 38.3 Å². The molecule has 140 valence electrons. The second-order valence-electron chi connectivity index (χ2n) is 7.28.